The van der Waals surface area contributed by atoms with Gasteiger partial charge in [0, 0.05) is 25.0 Å². The molecule has 1 unspecified atom stereocenters. The Morgan fingerprint density at radius 3 is 2.32 bits per heavy atom. The number of alkyl halides is 3. The van der Waals surface area contributed by atoms with E-state index in [4.69, 9.17) is 0 Å². The molecule has 2 aromatic rings. The molecule has 0 fully saturated rings. The van der Waals surface area contributed by atoms with Gasteiger partial charge in [0.1, 0.15) is 0 Å². The molecular weight excluding hydrogens is 257 g/mol. The Kier molecular flexibility index (Phi) is 3.80. The molecule has 2 rings (SSSR count). The number of hydrogen-bond donors (Lipinski definition) is 1. The third kappa shape index (κ3) is 3.51. The minimum Gasteiger partial charge on any atom is -0.388 e. The number of aliphatic hydroxyl groups is 1. The molecule has 0 bridgehead atoms. The molecule has 0 radical (unpaired) electrons. The molecule has 1 aromatic carbocycles. The highest BCUT2D eigenvalue weighted by molar-refractivity contribution is 5.26. The van der Waals surface area contributed by atoms with Crippen molar-refractivity contribution < 1.29 is 18.3 Å². The van der Waals surface area contributed by atoms with E-state index >= 15 is 0 Å². The van der Waals surface area contributed by atoms with Crippen LogP contribution in [0.2, 0.25) is 0 Å². The standard InChI is InChI=1S/C13H11F3N2O/c14-13(15,16)10-3-1-9(2-4-10)12(19)7-11-8-17-5-6-18-11/h1-6,8,12,19H,7H2. The van der Waals surface area contributed by atoms with E-state index in [1.165, 1.54) is 30.7 Å². The van der Waals surface area contributed by atoms with Crippen molar-refractivity contribution in [1.82, 2.24) is 9.97 Å². The molecule has 1 aromatic heterocycles. The van der Waals surface area contributed by atoms with Crippen LogP contribution in [0.5, 0.6) is 0 Å². The zero-order valence-corrected chi connectivity index (χ0v) is 9.80. The maximum absolute atomic E-state index is 12.4. The van der Waals surface area contributed by atoms with Crippen molar-refractivity contribution in [1.29, 1.82) is 0 Å². The predicted octanol–water partition coefficient (Wildman–Crippen LogP) is 2.77. The van der Waals surface area contributed by atoms with E-state index in [9.17, 15) is 18.3 Å². The van der Waals surface area contributed by atoms with Crippen LogP contribution in [0.15, 0.2) is 42.9 Å². The van der Waals surface area contributed by atoms with Crippen molar-refractivity contribution in [2.45, 2.75) is 18.7 Å². The molecule has 0 aliphatic carbocycles. The summed E-state index contributed by atoms with van der Waals surface area (Å²) in [5.41, 5.74) is 0.261. The SMILES string of the molecule is OC(Cc1cnccn1)c1ccc(C(F)(F)F)cc1. The van der Waals surface area contributed by atoms with Crippen molar-refractivity contribution in [3.63, 3.8) is 0 Å². The van der Waals surface area contributed by atoms with Gasteiger partial charge in [0.15, 0.2) is 0 Å². The minimum atomic E-state index is -4.37. The van der Waals surface area contributed by atoms with Gasteiger partial charge in [0.2, 0.25) is 0 Å². The Labute approximate surface area is 107 Å². The van der Waals surface area contributed by atoms with Crippen molar-refractivity contribution >= 4 is 0 Å². The van der Waals surface area contributed by atoms with Gasteiger partial charge in [-0.1, -0.05) is 12.1 Å². The van der Waals surface area contributed by atoms with Crippen molar-refractivity contribution in [3.05, 3.63) is 59.7 Å². The second-order valence-corrected chi connectivity index (χ2v) is 4.04. The second kappa shape index (κ2) is 5.36. The summed E-state index contributed by atoms with van der Waals surface area (Å²) in [6.07, 6.45) is -0.553. The minimum absolute atomic E-state index is 0.208. The van der Waals surface area contributed by atoms with E-state index in [1.807, 2.05) is 0 Å². The Bertz CT molecular complexity index is 526. The summed E-state index contributed by atoms with van der Waals surface area (Å²) in [5.74, 6) is 0. The molecule has 100 valence electrons. The summed E-state index contributed by atoms with van der Waals surface area (Å²) in [5, 5.41) is 9.92. The second-order valence-electron chi connectivity index (χ2n) is 4.04. The number of benzene rings is 1. The average Bonchev–Trinajstić information content (AvgIpc) is 2.39. The van der Waals surface area contributed by atoms with Crippen molar-refractivity contribution in [3.8, 4) is 0 Å². The normalized spacial score (nSPS) is 13.3. The fourth-order valence-corrected chi connectivity index (χ4v) is 1.65. The van der Waals surface area contributed by atoms with Crippen molar-refractivity contribution in [2.75, 3.05) is 0 Å². The van der Waals surface area contributed by atoms with Crippen LogP contribution in [-0.2, 0) is 12.6 Å². The fourth-order valence-electron chi connectivity index (χ4n) is 1.65. The highest BCUT2D eigenvalue weighted by Crippen LogP contribution is 2.30. The van der Waals surface area contributed by atoms with Gasteiger partial charge in [-0.2, -0.15) is 13.2 Å². The zero-order chi connectivity index (χ0) is 13.9. The molecule has 3 nitrogen and oxygen atoms in total. The topological polar surface area (TPSA) is 46.0 Å². The Morgan fingerprint density at radius 2 is 1.79 bits per heavy atom. The summed E-state index contributed by atoms with van der Waals surface area (Å²) in [6, 6.07) is 4.44. The lowest BCUT2D eigenvalue weighted by Crippen LogP contribution is -2.07. The third-order valence-electron chi connectivity index (χ3n) is 2.64. The predicted molar refractivity (Wildman–Crippen MR) is 62.1 cm³/mol. The molecule has 1 heterocycles. The molecule has 19 heavy (non-hydrogen) atoms. The van der Waals surface area contributed by atoms with Gasteiger partial charge in [-0.3, -0.25) is 9.97 Å². The number of rotatable bonds is 3. The highest BCUT2D eigenvalue weighted by atomic mass is 19.4. The first-order chi connectivity index (χ1) is 8.97. The van der Waals surface area contributed by atoms with E-state index in [-0.39, 0.29) is 6.42 Å². The molecule has 6 heteroatoms. The van der Waals surface area contributed by atoms with Crippen LogP contribution in [-0.4, -0.2) is 15.1 Å². The van der Waals surface area contributed by atoms with Crippen molar-refractivity contribution in [2.24, 2.45) is 0 Å². The van der Waals surface area contributed by atoms with E-state index in [2.05, 4.69) is 9.97 Å². The molecule has 0 spiro atoms. The summed E-state index contributed by atoms with van der Waals surface area (Å²) in [4.78, 5) is 7.85. The van der Waals surface area contributed by atoms with Gasteiger partial charge >= 0.3 is 6.18 Å². The molecule has 0 aliphatic heterocycles. The van der Waals surface area contributed by atoms with Crippen LogP contribution < -0.4 is 0 Å². The Morgan fingerprint density at radius 1 is 1.11 bits per heavy atom. The lowest BCUT2D eigenvalue weighted by Gasteiger charge is -2.12. The van der Waals surface area contributed by atoms with Gasteiger partial charge in [0.25, 0.3) is 0 Å². The van der Waals surface area contributed by atoms with Gasteiger partial charge in [-0.25, -0.2) is 0 Å². The Hall–Kier alpha value is -1.95. The maximum Gasteiger partial charge on any atom is 0.416 e. The van der Waals surface area contributed by atoms with Crippen LogP contribution in [0, 0.1) is 0 Å². The average molecular weight is 268 g/mol. The van der Waals surface area contributed by atoms with E-state index in [0.29, 0.717) is 11.3 Å². The zero-order valence-electron chi connectivity index (χ0n) is 9.80. The molecule has 0 saturated heterocycles. The Balaban J connectivity index is 2.10. The van der Waals surface area contributed by atoms with Gasteiger partial charge in [0.05, 0.1) is 17.4 Å². The van der Waals surface area contributed by atoms with E-state index < -0.39 is 17.8 Å². The summed E-state index contributed by atoms with van der Waals surface area (Å²) < 4.78 is 37.2. The first kappa shape index (κ1) is 13.5. The first-order valence-electron chi connectivity index (χ1n) is 5.57. The maximum atomic E-state index is 12.4. The molecule has 0 amide bonds. The third-order valence-corrected chi connectivity index (χ3v) is 2.64. The summed E-state index contributed by atoms with van der Waals surface area (Å²) in [6.45, 7) is 0. The number of hydrogen-bond acceptors (Lipinski definition) is 3. The molecular formula is C13H11F3N2O. The first-order valence-corrected chi connectivity index (χ1v) is 5.57. The van der Waals surface area contributed by atoms with Gasteiger partial charge in [-0.15, -0.1) is 0 Å². The number of halogens is 3. The van der Waals surface area contributed by atoms with Crippen LogP contribution >= 0.6 is 0 Å². The van der Waals surface area contributed by atoms with Crippen LogP contribution in [0.1, 0.15) is 22.9 Å². The quantitative estimate of drug-likeness (QED) is 0.931. The molecule has 0 saturated carbocycles. The lowest BCUT2D eigenvalue weighted by atomic mass is 10.0. The van der Waals surface area contributed by atoms with E-state index in [1.54, 1.807) is 0 Å². The summed E-state index contributed by atoms with van der Waals surface area (Å²) in [7, 11) is 0. The number of aromatic nitrogens is 2. The summed E-state index contributed by atoms with van der Waals surface area (Å²) >= 11 is 0. The van der Waals surface area contributed by atoms with Crippen LogP contribution in [0.4, 0.5) is 13.2 Å². The monoisotopic (exact) mass is 268 g/mol. The molecule has 1 N–H and O–H groups in total. The number of nitrogens with zero attached hydrogens (tertiary/aromatic N) is 2. The molecule has 1 atom stereocenters. The molecule has 0 aliphatic rings. The van der Waals surface area contributed by atoms with Gasteiger partial charge < -0.3 is 5.11 Å². The van der Waals surface area contributed by atoms with Crippen LogP contribution in [0.25, 0.3) is 0 Å². The van der Waals surface area contributed by atoms with Crippen LogP contribution in [0.3, 0.4) is 0 Å². The van der Waals surface area contributed by atoms with Gasteiger partial charge in [-0.05, 0) is 17.7 Å². The highest BCUT2D eigenvalue weighted by Gasteiger charge is 2.30. The lowest BCUT2D eigenvalue weighted by molar-refractivity contribution is -0.137. The largest absolute Gasteiger partial charge is 0.416 e. The smallest absolute Gasteiger partial charge is 0.388 e. The fraction of sp³-hybridized carbons (Fsp3) is 0.231. The van der Waals surface area contributed by atoms with E-state index in [0.717, 1.165) is 12.1 Å². The number of aliphatic hydroxyl groups excluding tert-OH is 1.